The van der Waals surface area contributed by atoms with Gasteiger partial charge in [-0.25, -0.2) is 9.97 Å². The molecule has 2 aliphatic heterocycles. The van der Waals surface area contributed by atoms with Crippen LogP contribution >= 0.6 is 22.7 Å². The number of nitrogens with zero attached hydrogens (tertiary/aromatic N) is 6. The fourth-order valence-corrected chi connectivity index (χ4v) is 8.66. The summed E-state index contributed by atoms with van der Waals surface area (Å²) in [5.74, 6) is -0.758. The van der Waals surface area contributed by atoms with Crippen LogP contribution in [0.5, 0.6) is 0 Å². The molecule has 0 radical (unpaired) electrons. The topological polar surface area (TPSA) is 133 Å². The fourth-order valence-electron chi connectivity index (χ4n) is 7.14. The summed E-state index contributed by atoms with van der Waals surface area (Å²) in [5, 5.41) is 9.77. The van der Waals surface area contributed by atoms with Gasteiger partial charge >= 0.3 is 0 Å². The molecule has 2 saturated heterocycles. The van der Waals surface area contributed by atoms with Gasteiger partial charge < -0.3 is 20.4 Å². The molecule has 0 unspecified atom stereocenters. The van der Waals surface area contributed by atoms with Gasteiger partial charge in [-0.3, -0.25) is 28.0 Å². The van der Waals surface area contributed by atoms with E-state index in [1.54, 1.807) is 18.6 Å². The number of fused-ring (bicyclic) bond motifs is 2. The Labute approximate surface area is 307 Å². The third-order valence-electron chi connectivity index (χ3n) is 9.74. The number of hydrogen-bond donors (Lipinski definition) is 2. The number of rotatable bonds is 8. The molecule has 0 spiro atoms. The van der Waals surface area contributed by atoms with Gasteiger partial charge in [0.15, 0.2) is 9.92 Å². The van der Waals surface area contributed by atoms with Crippen molar-refractivity contribution >= 4 is 79.8 Å². The number of amides is 4. The van der Waals surface area contributed by atoms with Crippen molar-refractivity contribution in [3.05, 3.63) is 106 Å². The van der Waals surface area contributed by atoms with Crippen LogP contribution in [0.1, 0.15) is 69.2 Å². The summed E-state index contributed by atoms with van der Waals surface area (Å²) >= 11 is 2.95. The number of aryl methyl sites for hydroxylation is 2. The van der Waals surface area contributed by atoms with Crippen LogP contribution < -0.4 is 10.6 Å². The Morgan fingerprint density at radius 2 is 1.06 bits per heavy atom. The third kappa shape index (κ3) is 6.28. The molecule has 2 aliphatic rings. The lowest BCUT2D eigenvalue weighted by molar-refractivity contribution is -0.120. The van der Waals surface area contributed by atoms with Gasteiger partial charge in [-0.1, -0.05) is 36.4 Å². The van der Waals surface area contributed by atoms with Gasteiger partial charge in [0.25, 0.3) is 11.8 Å². The first-order chi connectivity index (χ1) is 25.2. The molecule has 8 rings (SSSR count). The Balaban J connectivity index is 0.858. The zero-order chi connectivity index (χ0) is 35.9. The lowest BCUT2D eigenvalue weighted by Gasteiger charge is -2.24. The molecule has 6 heterocycles. The largest absolute Gasteiger partial charge is 0.325 e. The summed E-state index contributed by atoms with van der Waals surface area (Å²) in [6, 6.07) is 14.0. The van der Waals surface area contributed by atoms with Crippen LogP contribution in [0.15, 0.2) is 71.7 Å². The van der Waals surface area contributed by atoms with Crippen molar-refractivity contribution in [2.24, 2.45) is 0 Å². The van der Waals surface area contributed by atoms with Crippen molar-refractivity contribution in [2.45, 2.75) is 51.6 Å². The molecule has 2 aromatic carbocycles. The molecule has 4 amide bonds. The number of anilines is 2. The zero-order valence-corrected chi connectivity index (χ0v) is 30.2. The summed E-state index contributed by atoms with van der Waals surface area (Å²) in [7, 11) is 0. The predicted octanol–water partition coefficient (Wildman–Crippen LogP) is 6.38. The quantitative estimate of drug-likeness (QED) is 0.175. The van der Waals surface area contributed by atoms with Crippen LogP contribution in [-0.2, 0) is 9.59 Å². The lowest BCUT2D eigenvalue weighted by atomic mass is 10.1. The summed E-state index contributed by atoms with van der Waals surface area (Å²) < 4.78 is 3.60. The first-order valence-electron chi connectivity index (χ1n) is 17.2. The van der Waals surface area contributed by atoms with E-state index in [0.717, 1.165) is 33.9 Å². The van der Waals surface area contributed by atoms with E-state index in [0.29, 0.717) is 60.1 Å². The molecular weight excluding hydrogens is 697 g/mol. The molecule has 6 aromatic rings. The fraction of sp³-hybridized carbons (Fsp3) is 0.263. The summed E-state index contributed by atoms with van der Waals surface area (Å²) in [5.41, 5.74) is 5.56. The molecule has 2 atom stereocenters. The Hall–Kier alpha value is -5.60. The van der Waals surface area contributed by atoms with Crippen molar-refractivity contribution in [2.75, 3.05) is 23.7 Å². The lowest BCUT2D eigenvalue weighted by Crippen LogP contribution is -2.43. The molecule has 2 fully saturated rings. The molecule has 12 nitrogen and oxygen atoms in total. The number of hydrogen-bond acceptors (Lipinski definition) is 8. The number of nitrogens with one attached hydrogen (secondary N) is 2. The summed E-state index contributed by atoms with van der Waals surface area (Å²) in [4.78, 5) is 67.5. The van der Waals surface area contributed by atoms with Gasteiger partial charge in [0.05, 0.1) is 11.4 Å². The van der Waals surface area contributed by atoms with Crippen molar-refractivity contribution in [1.29, 1.82) is 0 Å². The van der Waals surface area contributed by atoms with E-state index in [1.165, 1.54) is 22.7 Å². The molecule has 14 heteroatoms. The standard InChI is InChI=1S/C38H36N8O4S2/c1-23-31(45-19-21-51-37(45)39-23)35(49)43-17-3-5-29(43)33(47)41-27-13-9-25(10-14-27)7-8-26-11-15-28(16-12-26)42-34(48)30-6-4-18-44(30)36(50)32-24(2)40-38-46(32)20-22-52-38/h7-16,19-22,29-30H,3-6,17-18H2,1-2H3,(H,41,47)(H,42,48)/b8-7+/t29-,30-/m0/s1. The van der Waals surface area contributed by atoms with Crippen molar-refractivity contribution < 1.29 is 19.2 Å². The maximum atomic E-state index is 13.5. The van der Waals surface area contributed by atoms with Crippen LogP contribution in [0.4, 0.5) is 11.4 Å². The average Bonchev–Trinajstić information content (AvgIpc) is 3.98. The second-order valence-corrected chi connectivity index (χ2v) is 14.8. The van der Waals surface area contributed by atoms with Gasteiger partial charge in [0.2, 0.25) is 11.8 Å². The minimum absolute atomic E-state index is 0.176. The molecule has 0 bridgehead atoms. The van der Waals surface area contributed by atoms with E-state index in [4.69, 9.17) is 0 Å². The minimum Gasteiger partial charge on any atom is -0.325 e. The van der Waals surface area contributed by atoms with Crippen LogP contribution in [0.3, 0.4) is 0 Å². The Morgan fingerprint density at radius 3 is 1.46 bits per heavy atom. The Kier molecular flexibility index (Phi) is 8.93. The highest BCUT2D eigenvalue weighted by Gasteiger charge is 2.38. The molecule has 2 N–H and O–H groups in total. The maximum Gasteiger partial charge on any atom is 0.273 e. The SMILES string of the molecule is Cc1nc2sccn2c1C(=O)N1CCC[C@H]1C(=O)Nc1ccc(/C=C/c2ccc(NC(=O)[C@@H]3CCCN3C(=O)c3c(C)nc4sccn34)cc2)cc1. The van der Waals surface area contributed by atoms with Crippen molar-refractivity contribution in [3.63, 3.8) is 0 Å². The Bertz CT molecular complexity index is 2190. The number of imidazole rings is 2. The first kappa shape index (κ1) is 33.5. The number of carbonyl (C=O) groups is 4. The van der Waals surface area contributed by atoms with Gasteiger partial charge in [-0.2, -0.15) is 0 Å². The highest BCUT2D eigenvalue weighted by Crippen LogP contribution is 2.27. The molecular formula is C38H36N8O4S2. The van der Waals surface area contributed by atoms with E-state index in [-0.39, 0.29) is 23.6 Å². The molecule has 0 aliphatic carbocycles. The number of carbonyl (C=O) groups excluding carboxylic acids is 4. The average molecular weight is 733 g/mol. The Morgan fingerprint density at radius 1 is 0.654 bits per heavy atom. The van der Waals surface area contributed by atoms with Crippen LogP contribution in [0.25, 0.3) is 22.1 Å². The van der Waals surface area contributed by atoms with E-state index in [1.807, 2.05) is 97.7 Å². The second kappa shape index (κ2) is 13.8. The minimum atomic E-state index is -0.549. The molecule has 4 aromatic heterocycles. The summed E-state index contributed by atoms with van der Waals surface area (Å²) in [6.45, 7) is 4.70. The van der Waals surface area contributed by atoms with Crippen LogP contribution in [0.2, 0.25) is 0 Å². The van der Waals surface area contributed by atoms with Gasteiger partial charge in [0.1, 0.15) is 23.5 Å². The second-order valence-electron chi connectivity index (χ2n) is 13.1. The first-order valence-corrected chi connectivity index (χ1v) is 19.0. The number of likely N-dealkylation sites (tertiary alicyclic amines) is 2. The van der Waals surface area contributed by atoms with E-state index in [2.05, 4.69) is 20.6 Å². The van der Waals surface area contributed by atoms with Gasteiger partial charge in [-0.15, -0.1) is 22.7 Å². The van der Waals surface area contributed by atoms with Gasteiger partial charge in [-0.05, 0) is 74.9 Å². The highest BCUT2D eigenvalue weighted by molar-refractivity contribution is 7.15. The third-order valence-corrected chi connectivity index (χ3v) is 11.2. The van der Waals surface area contributed by atoms with E-state index < -0.39 is 12.1 Å². The van der Waals surface area contributed by atoms with Gasteiger partial charge in [0, 0.05) is 47.6 Å². The van der Waals surface area contributed by atoms with E-state index in [9.17, 15) is 19.2 Å². The summed E-state index contributed by atoms with van der Waals surface area (Å²) in [6.07, 6.45) is 10.4. The van der Waals surface area contributed by atoms with Crippen molar-refractivity contribution in [1.82, 2.24) is 28.6 Å². The number of thiazole rings is 2. The van der Waals surface area contributed by atoms with Crippen LogP contribution in [0, 0.1) is 13.8 Å². The number of aromatic nitrogens is 4. The normalized spacial score (nSPS) is 17.5. The maximum absolute atomic E-state index is 13.5. The zero-order valence-electron chi connectivity index (χ0n) is 28.6. The molecule has 52 heavy (non-hydrogen) atoms. The highest BCUT2D eigenvalue weighted by atomic mass is 32.1. The van der Waals surface area contributed by atoms with Crippen molar-refractivity contribution in [3.8, 4) is 0 Å². The molecule has 264 valence electrons. The van der Waals surface area contributed by atoms with Crippen LogP contribution in [-0.4, -0.2) is 77.4 Å². The monoisotopic (exact) mass is 732 g/mol. The smallest absolute Gasteiger partial charge is 0.273 e. The van der Waals surface area contributed by atoms with E-state index >= 15 is 0 Å². The molecule has 0 saturated carbocycles. The number of benzene rings is 2. The predicted molar refractivity (Wildman–Crippen MR) is 203 cm³/mol.